The van der Waals surface area contributed by atoms with Crippen molar-refractivity contribution in [3.8, 4) is 0 Å². The summed E-state index contributed by atoms with van der Waals surface area (Å²) in [6, 6.07) is 21.0. The van der Waals surface area contributed by atoms with Crippen molar-refractivity contribution in [2.75, 3.05) is 38.2 Å². The molecule has 4 nitrogen and oxygen atoms in total. The maximum absolute atomic E-state index is 5.85. The van der Waals surface area contributed by atoms with Crippen LogP contribution in [0, 0.1) is 0 Å². The summed E-state index contributed by atoms with van der Waals surface area (Å²) in [5.74, 6) is 0. The molecule has 0 fully saturated rings. The lowest BCUT2D eigenvalue weighted by molar-refractivity contribution is -0.131. The van der Waals surface area contributed by atoms with Gasteiger partial charge in [0.05, 0.1) is 19.8 Å². The van der Waals surface area contributed by atoms with Gasteiger partial charge in [-0.15, -0.1) is 0 Å². The van der Waals surface area contributed by atoms with Crippen molar-refractivity contribution in [1.29, 1.82) is 0 Å². The van der Waals surface area contributed by atoms with Crippen LogP contribution in [0.5, 0.6) is 0 Å². The smallest absolute Gasteiger partial charge is 0.154 e. The summed E-state index contributed by atoms with van der Waals surface area (Å²) in [5, 5.41) is 0.962. The lowest BCUT2D eigenvalue weighted by atomic mass is 10.2. The average Bonchev–Trinajstić information content (AvgIpc) is 2.78. The minimum absolute atomic E-state index is 0.141. The van der Waals surface area contributed by atoms with Crippen molar-refractivity contribution < 1.29 is 14.2 Å². The summed E-state index contributed by atoms with van der Waals surface area (Å²) in [4.78, 5) is 2.49. The summed E-state index contributed by atoms with van der Waals surface area (Å²) in [6.07, 6.45) is 2.87. The fourth-order valence-corrected chi connectivity index (χ4v) is 3.38. The van der Waals surface area contributed by atoms with E-state index >= 15 is 0 Å². The molecule has 0 saturated carbocycles. The largest absolute Gasteiger partial charge is 0.377 e. The number of alkyl halides is 1. The number of benzene rings is 2. The topological polar surface area (TPSA) is 30.9 Å². The van der Waals surface area contributed by atoms with Crippen molar-refractivity contribution in [3.05, 3.63) is 71.8 Å². The molecule has 0 radical (unpaired) electrons. The van der Waals surface area contributed by atoms with Crippen LogP contribution in [0.2, 0.25) is 0 Å². The zero-order valence-electron chi connectivity index (χ0n) is 18.2. The Morgan fingerprint density at radius 2 is 1.33 bits per heavy atom. The molecule has 0 N–H and O–H groups in total. The third kappa shape index (κ3) is 11.8. The Kier molecular flexibility index (Phi) is 13.7. The predicted molar refractivity (Wildman–Crippen MR) is 127 cm³/mol. The minimum Gasteiger partial charge on any atom is -0.377 e. The molecule has 2 aromatic carbocycles. The Balaban J connectivity index is 1.66. The summed E-state index contributed by atoms with van der Waals surface area (Å²) in [7, 11) is 0. The van der Waals surface area contributed by atoms with Gasteiger partial charge >= 0.3 is 0 Å². The zero-order chi connectivity index (χ0) is 21.3. The second-order valence-electron chi connectivity index (χ2n) is 7.36. The van der Waals surface area contributed by atoms with Crippen LogP contribution in [0.4, 0.5) is 0 Å². The van der Waals surface area contributed by atoms with Crippen LogP contribution in [-0.2, 0) is 27.4 Å². The maximum Gasteiger partial charge on any atom is 0.154 e. The van der Waals surface area contributed by atoms with Crippen molar-refractivity contribution in [1.82, 2.24) is 4.90 Å². The third-order valence-electron chi connectivity index (χ3n) is 4.73. The molecule has 2 rings (SSSR count). The number of rotatable bonds is 17. The highest BCUT2D eigenvalue weighted by molar-refractivity contribution is 9.09. The molecular weight excluding hydrogens is 442 g/mol. The molecule has 0 aliphatic heterocycles. The fraction of sp³-hybridized carbons (Fsp3) is 0.520. The van der Waals surface area contributed by atoms with Gasteiger partial charge in [-0.2, -0.15) is 0 Å². The first-order chi connectivity index (χ1) is 14.8. The summed E-state index contributed by atoms with van der Waals surface area (Å²) in [5.41, 5.74) is 2.57. The van der Waals surface area contributed by atoms with Gasteiger partial charge in [0, 0.05) is 31.6 Å². The van der Waals surface area contributed by atoms with E-state index < -0.39 is 0 Å². The van der Waals surface area contributed by atoms with E-state index in [0.29, 0.717) is 13.2 Å². The molecule has 0 aliphatic carbocycles. The van der Waals surface area contributed by atoms with Gasteiger partial charge in [0.25, 0.3) is 0 Å². The number of halogens is 1. The van der Waals surface area contributed by atoms with Crippen molar-refractivity contribution in [3.63, 3.8) is 0 Å². The van der Waals surface area contributed by atoms with Crippen molar-refractivity contribution in [2.24, 2.45) is 0 Å². The van der Waals surface area contributed by atoms with Gasteiger partial charge in [-0.3, -0.25) is 4.90 Å². The quantitative estimate of drug-likeness (QED) is 0.167. The van der Waals surface area contributed by atoms with E-state index in [1.54, 1.807) is 0 Å². The third-order valence-corrected chi connectivity index (χ3v) is 5.29. The van der Waals surface area contributed by atoms with Crippen LogP contribution < -0.4 is 0 Å². The van der Waals surface area contributed by atoms with Crippen LogP contribution in [-0.4, -0.2) is 49.4 Å². The summed E-state index contributed by atoms with van der Waals surface area (Å²) >= 11 is 3.41. The van der Waals surface area contributed by atoms with E-state index in [9.17, 15) is 0 Å². The summed E-state index contributed by atoms with van der Waals surface area (Å²) < 4.78 is 17.3. The molecule has 0 aromatic heterocycles. The van der Waals surface area contributed by atoms with E-state index in [1.165, 1.54) is 11.1 Å². The molecule has 5 heteroatoms. The summed E-state index contributed by atoms with van der Waals surface area (Å²) in [6.45, 7) is 7.84. The second kappa shape index (κ2) is 16.5. The Hall–Kier alpha value is -1.24. The molecule has 0 aliphatic rings. The fourth-order valence-electron chi connectivity index (χ4n) is 3.16. The average molecular weight is 478 g/mol. The SMILES string of the molecule is CC(OCCCBr)OCCCN(CCCOCc1ccccc1)Cc1ccccc1. The molecule has 0 heterocycles. The van der Waals surface area contributed by atoms with Crippen molar-refractivity contribution in [2.45, 2.75) is 45.6 Å². The lowest BCUT2D eigenvalue weighted by Gasteiger charge is -2.23. The van der Waals surface area contributed by atoms with Crippen molar-refractivity contribution >= 4 is 15.9 Å². The molecule has 166 valence electrons. The van der Waals surface area contributed by atoms with Gasteiger partial charge in [0.15, 0.2) is 6.29 Å². The standard InChI is InChI=1S/C25H36BrNO3/c1-23(29-19-8-15-26)30-20-10-17-27(21-24-11-4-2-5-12-24)16-9-18-28-22-25-13-6-3-7-14-25/h2-7,11-14,23H,8-10,15-22H2,1H3. The van der Waals surface area contributed by atoms with E-state index in [2.05, 4.69) is 75.4 Å². The van der Waals surface area contributed by atoms with Gasteiger partial charge in [-0.05, 0) is 37.3 Å². The molecule has 0 bridgehead atoms. The lowest BCUT2D eigenvalue weighted by Crippen LogP contribution is -2.28. The van der Waals surface area contributed by atoms with Gasteiger partial charge in [-0.1, -0.05) is 76.6 Å². The Morgan fingerprint density at radius 3 is 1.97 bits per heavy atom. The zero-order valence-corrected chi connectivity index (χ0v) is 19.8. The Labute approximate surface area is 190 Å². The highest BCUT2D eigenvalue weighted by Gasteiger charge is 2.08. The highest BCUT2D eigenvalue weighted by Crippen LogP contribution is 2.08. The van der Waals surface area contributed by atoms with E-state index in [4.69, 9.17) is 14.2 Å². The molecule has 0 amide bonds. The number of hydrogen-bond donors (Lipinski definition) is 0. The van der Waals surface area contributed by atoms with Gasteiger partial charge in [0.1, 0.15) is 0 Å². The van der Waals surface area contributed by atoms with Gasteiger partial charge in [-0.25, -0.2) is 0 Å². The monoisotopic (exact) mass is 477 g/mol. The molecule has 1 unspecified atom stereocenters. The first kappa shape index (κ1) is 25.0. The highest BCUT2D eigenvalue weighted by atomic mass is 79.9. The first-order valence-corrected chi connectivity index (χ1v) is 12.1. The number of nitrogens with zero attached hydrogens (tertiary/aromatic N) is 1. The van der Waals surface area contributed by atoms with Gasteiger partial charge in [0.2, 0.25) is 0 Å². The molecule has 2 aromatic rings. The number of ether oxygens (including phenoxy) is 3. The van der Waals surface area contributed by atoms with Gasteiger partial charge < -0.3 is 14.2 Å². The Morgan fingerprint density at radius 1 is 0.767 bits per heavy atom. The van der Waals surface area contributed by atoms with E-state index in [0.717, 1.165) is 57.4 Å². The Bertz CT molecular complexity index is 641. The molecule has 0 saturated heterocycles. The first-order valence-electron chi connectivity index (χ1n) is 10.9. The predicted octanol–water partition coefficient (Wildman–Crippen LogP) is 5.65. The van der Waals surface area contributed by atoms with Crippen LogP contribution in [0.1, 0.15) is 37.3 Å². The van der Waals surface area contributed by atoms with Crippen LogP contribution >= 0.6 is 15.9 Å². The van der Waals surface area contributed by atoms with E-state index in [1.807, 2.05) is 13.0 Å². The minimum atomic E-state index is -0.141. The number of hydrogen-bond acceptors (Lipinski definition) is 4. The molecule has 0 spiro atoms. The molecule has 1 atom stereocenters. The van der Waals surface area contributed by atoms with E-state index in [-0.39, 0.29) is 6.29 Å². The molecule has 30 heavy (non-hydrogen) atoms. The van der Waals surface area contributed by atoms with Crippen LogP contribution in [0.3, 0.4) is 0 Å². The van der Waals surface area contributed by atoms with Crippen LogP contribution in [0.15, 0.2) is 60.7 Å². The maximum atomic E-state index is 5.85. The van der Waals surface area contributed by atoms with Crippen LogP contribution in [0.25, 0.3) is 0 Å². The normalized spacial score (nSPS) is 12.4. The molecular formula is C25H36BrNO3. The second-order valence-corrected chi connectivity index (χ2v) is 8.15.